The highest BCUT2D eigenvalue weighted by Crippen LogP contribution is 2.33. The Bertz CT molecular complexity index is 719. The second kappa shape index (κ2) is 6.59. The van der Waals surface area contributed by atoms with Crippen molar-refractivity contribution >= 4 is 22.1 Å². The lowest BCUT2D eigenvalue weighted by Gasteiger charge is -2.27. The van der Waals surface area contributed by atoms with Gasteiger partial charge in [0.1, 0.15) is 4.75 Å². The van der Waals surface area contributed by atoms with Crippen molar-refractivity contribution in [3.05, 3.63) is 35.5 Å². The first-order chi connectivity index (χ1) is 10.7. The number of ether oxygens (including phenoxy) is 1. The van der Waals surface area contributed by atoms with Crippen LogP contribution in [0.2, 0.25) is 0 Å². The van der Waals surface area contributed by atoms with Gasteiger partial charge in [-0.1, -0.05) is 6.07 Å². The molecule has 0 spiro atoms. The quantitative estimate of drug-likeness (QED) is 0.862. The standard InChI is InChI=1S/C16H20F2N2O2S/c1-9(20-23(21)16(2,3)4)11-8-19-15(22-5)13-10(11)6-7-12(17)14(13)18/h6-9,20H,1-5H3/t9-,23-/m0/s1. The lowest BCUT2D eigenvalue weighted by Crippen LogP contribution is -2.40. The normalized spacial score (nSPS) is 14.8. The van der Waals surface area contributed by atoms with Gasteiger partial charge in [0, 0.05) is 17.6 Å². The summed E-state index contributed by atoms with van der Waals surface area (Å²) < 4.78 is 47.5. The number of benzene rings is 1. The number of halogens is 2. The summed E-state index contributed by atoms with van der Waals surface area (Å²) in [5.41, 5.74) is 0.622. The van der Waals surface area contributed by atoms with Gasteiger partial charge >= 0.3 is 0 Å². The lowest BCUT2D eigenvalue weighted by atomic mass is 10.0. The molecule has 0 unspecified atom stereocenters. The molecule has 126 valence electrons. The summed E-state index contributed by atoms with van der Waals surface area (Å²) in [6, 6.07) is 2.18. The van der Waals surface area contributed by atoms with E-state index in [2.05, 4.69) is 9.71 Å². The van der Waals surface area contributed by atoms with Crippen LogP contribution in [-0.4, -0.2) is 21.4 Å². The van der Waals surface area contributed by atoms with E-state index in [0.717, 1.165) is 6.07 Å². The Morgan fingerprint density at radius 2 is 1.96 bits per heavy atom. The minimum Gasteiger partial charge on any atom is -0.598 e. The molecule has 0 saturated carbocycles. The van der Waals surface area contributed by atoms with Crippen LogP contribution < -0.4 is 9.46 Å². The summed E-state index contributed by atoms with van der Waals surface area (Å²) in [5, 5.41) is 0.460. The predicted octanol–water partition coefficient (Wildman–Crippen LogP) is 3.63. The summed E-state index contributed by atoms with van der Waals surface area (Å²) in [5.74, 6) is -1.95. The first-order valence-corrected chi connectivity index (χ1v) is 8.30. The lowest BCUT2D eigenvalue weighted by molar-refractivity contribution is 0.400. The van der Waals surface area contributed by atoms with Gasteiger partial charge in [-0.25, -0.2) is 13.8 Å². The number of aromatic nitrogens is 1. The van der Waals surface area contributed by atoms with Gasteiger partial charge in [-0.3, -0.25) is 0 Å². The topological polar surface area (TPSA) is 57.2 Å². The monoisotopic (exact) mass is 342 g/mol. The van der Waals surface area contributed by atoms with E-state index in [-0.39, 0.29) is 17.3 Å². The highest BCUT2D eigenvalue weighted by Gasteiger charge is 2.29. The van der Waals surface area contributed by atoms with Crippen molar-refractivity contribution in [2.24, 2.45) is 0 Å². The van der Waals surface area contributed by atoms with Crippen molar-refractivity contribution in [1.82, 2.24) is 9.71 Å². The van der Waals surface area contributed by atoms with Crippen molar-refractivity contribution in [3.8, 4) is 5.88 Å². The van der Waals surface area contributed by atoms with E-state index in [0.29, 0.717) is 10.9 Å². The molecule has 23 heavy (non-hydrogen) atoms. The fourth-order valence-corrected chi connectivity index (χ4v) is 2.96. The SMILES string of the molecule is COc1ncc([C@H](C)N[S@@+]([O-])C(C)(C)C)c2ccc(F)c(F)c12. The zero-order valence-electron chi connectivity index (χ0n) is 13.7. The molecule has 0 bridgehead atoms. The van der Waals surface area contributed by atoms with Gasteiger partial charge in [-0.15, -0.1) is 4.72 Å². The smallest absolute Gasteiger partial charge is 0.224 e. The fraction of sp³-hybridized carbons (Fsp3) is 0.438. The van der Waals surface area contributed by atoms with Crippen LogP contribution >= 0.6 is 0 Å². The van der Waals surface area contributed by atoms with Crippen LogP contribution in [0.15, 0.2) is 18.3 Å². The highest BCUT2D eigenvalue weighted by atomic mass is 32.2. The molecule has 1 heterocycles. The summed E-state index contributed by atoms with van der Waals surface area (Å²) in [6.07, 6.45) is 1.52. The van der Waals surface area contributed by atoms with Crippen molar-refractivity contribution < 1.29 is 18.1 Å². The van der Waals surface area contributed by atoms with Gasteiger partial charge in [-0.05, 0) is 44.7 Å². The molecule has 0 saturated heterocycles. The number of fused-ring (bicyclic) bond motifs is 1. The highest BCUT2D eigenvalue weighted by molar-refractivity contribution is 7.90. The van der Waals surface area contributed by atoms with Gasteiger partial charge in [0.15, 0.2) is 11.6 Å². The molecule has 0 fully saturated rings. The van der Waals surface area contributed by atoms with Gasteiger partial charge in [0.25, 0.3) is 0 Å². The molecular formula is C16H20F2N2O2S. The van der Waals surface area contributed by atoms with Gasteiger partial charge in [0.2, 0.25) is 5.88 Å². The molecule has 2 aromatic rings. The first kappa shape index (κ1) is 17.9. The third-order valence-electron chi connectivity index (χ3n) is 3.44. The van der Waals surface area contributed by atoms with E-state index in [1.165, 1.54) is 19.4 Å². The second-order valence-electron chi connectivity index (χ2n) is 6.23. The number of nitrogens with zero attached hydrogens (tertiary/aromatic N) is 1. The van der Waals surface area contributed by atoms with Crippen LogP contribution in [0.5, 0.6) is 5.88 Å². The van der Waals surface area contributed by atoms with E-state index in [9.17, 15) is 13.3 Å². The molecule has 0 amide bonds. The molecule has 1 N–H and O–H groups in total. The molecule has 1 aromatic carbocycles. The summed E-state index contributed by atoms with van der Waals surface area (Å²) >= 11 is -1.30. The number of hydrogen-bond donors (Lipinski definition) is 1. The van der Waals surface area contributed by atoms with Crippen LogP contribution in [0, 0.1) is 11.6 Å². The number of methoxy groups -OCH3 is 1. The molecule has 2 atom stereocenters. The second-order valence-corrected chi connectivity index (χ2v) is 8.23. The van der Waals surface area contributed by atoms with Crippen LogP contribution in [-0.2, 0) is 11.4 Å². The number of hydrogen-bond acceptors (Lipinski definition) is 4. The average Bonchev–Trinajstić information content (AvgIpc) is 2.48. The maximum absolute atomic E-state index is 14.2. The van der Waals surface area contributed by atoms with Gasteiger partial charge < -0.3 is 9.29 Å². The molecule has 7 heteroatoms. The van der Waals surface area contributed by atoms with Crippen molar-refractivity contribution in [2.75, 3.05) is 7.11 Å². The largest absolute Gasteiger partial charge is 0.598 e. The van der Waals surface area contributed by atoms with Crippen molar-refractivity contribution in [3.63, 3.8) is 0 Å². The first-order valence-electron chi connectivity index (χ1n) is 7.15. The van der Waals surface area contributed by atoms with E-state index in [4.69, 9.17) is 4.74 Å². The molecule has 0 radical (unpaired) electrons. The van der Waals surface area contributed by atoms with E-state index >= 15 is 0 Å². The average molecular weight is 342 g/mol. The number of rotatable bonds is 4. The molecule has 0 aliphatic rings. The third kappa shape index (κ3) is 3.57. The molecule has 0 aliphatic heterocycles. The Hall–Kier alpha value is -1.44. The van der Waals surface area contributed by atoms with Crippen LogP contribution in [0.1, 0.15) is 39.3 Å². The molecule has 0 aliphatic carbocycles. The van der Waals surface area contributed by atoms with E-state index in [1.807, 2.05) is 20.8 Å². The maximum Gasteiger partial charge on any atom is 0.224 e. The fourth-order valence-electron chi connectivity index (χ4n) is 2.16. The zero-order chi connectivity index (χ0) is 17.4. The van der Waals surface area contributed by atoms with Crippen molar-refractivity contribution in [1.29, 1.82) is 0 Å². The van der Waals surface area contributed by atoms with Crippen molar-refractivity contribution in [2.45, 2.75) is 38.5 Å². The summed E-state index contributed by atoms with van der Waals surface area (Å²) in [6.45, 7) is 7.35. The Morgan fingerprint density at radius 3 is 2.52 bits per heavy atom. The van der Waals surface area contributed by atoms with Gasteiger partial charge in [-0.2, -0.15) is 0 Å². The predicted molar refractivity (Wildman–Crippen MR) is 87.7 cm³/mol. The zero-order valence-corrected chi connectivity index (χ0v) is 14.6. The molecule has 2 rings (SSSR count). The van der Waals surface area contributed by atoms with Crippen LogP contribution in [0.3, 0.4) is 0 Å². The third-order valence-corrected chi connectivity index (χ3v) is 5.12. The number of pyridine rings is 1. The maximum atomic E-state index is 14.2. The minimum atomic E-state index is -1.30. The Labute approximate surface area is 137 Å². The van der Waals surface area contributed by atoms with Gasteiger partial charge in [0.05, 0.1) is 18.5 Å². The number of nitrogens with one attached hydrogen (secondary N) is 1. The van der Waals surface area contributed by atoms with Crippen LogP contribution in [0.25, 0.3) is 10.8 Å². The Balaban J connectivity index is 2.52. The van der Waals surface area contributed by atoms with Crippen LogP contribution in [0.4, 0.5) is 8.78 Å². The minimum absolute atomic E-state index is 0.0137. The Morgan fingerprint density at radius 1 is 1.30 bits per heavy atom. The molecule has 1 aromatic heterocycles. The van der Waals surface area contributed by atoms with E-state index in [1.54, 1.807) is 6.92 Å². The van der Waals surface area contributed by atoms with E-state index < -0.39 is 27.7 Å². The summed E-state index contributed by atoms with van der Waals surface area (Å²) in [4.78, 5) is 4.05. The summed E-state index contributed by atoms with van der Waals surface area (Å²) in [7, 11) is 1.35. The molecular weight excluding hydrogens is 322 g/mol. The molecule has 4 nitrogen and oxygen atoms in total. The Kier molecular flexibility index (Phi) is 5.13.